The number of amides is 1. The van der Waals surface area contributed by atoms with Gasteiger partial charge in [0.1, 0.15) is 5.82 Å². The Morgan fingerprint density at radius 2 is 2.24 bits per heavy atom. The predicted octanol–water partition coefficient (Wildman–Crippen LogP) is 2.36. The number of aryl methyl sites for hydroxylation is 2. The van der Waals surface area contributed by atoms with Crippen molar-refractivity contribution in [1.82, 2.24) is 15.5 Å². The number of hydrogen-bond donors (Lipinski definition) is 2. The monoisotopic (exact) mass is 346 g/mol. The van der Waals surface area contributed by atoms with Gasteiger partial charge in [0.25, 0.3) is 0 Å². The number of carbonyl (C=O) groups excluding carboxylic acids is 1. The van der Waals surface area contributed by atoms with Crippen LogP contribution in [0.1, 0.15) is 37.6 Å². The van der Waals surface area contributed by atoms with Crippen LogP contribution < -0.4 is 11.1 Å². The summed E-state index contributed by atoms with van der Waals surface area (Å²) in [6.07, 6.45) is 2.83. The number of rotatable bonds is 7. The highest BCUT2D eigenvalue weighted by Crippen LogP contribution is 2.39. The third-order valence-corrected chi connectivity index (χ3v) is 4.78. The third kappa shape index (κ3) is 4.04. The Bertz CT molecular complexity index is 772. The van der Waals surface area contributed by atoms with Crippen molar-refractivity contribution in [1.29, 1.82) is 0 Å². The van der Waals surface area contributed by atoms with Gasteiger partial charge >= 0.3 is 0 Å². The summed E-state index contributed by atoms with van der Waals surface area (Å²) in [6, 6.07) is 4.64. The van der Waals surface area contributed by atoms with Gasteiger partial charge in [-0.25, -0.2) is 4.39 Å². The average molecular weight is 346 g/mol. The minimum atomic E-state index is -0.331. The minimum absolute atomic E-state index is 0.0720. The molecule has 1 aromatic carbocycles. The molecule has 1 atom stereocenters. The van der Waals surface area contributed by atoms with Gasteiger partial charge < -0.3 is 15.6 Å². The lowest BCUT2D eigenvalue weighted by atomic mass is 9.95. The van der Waals surface area contributed by atoms with Crippen molar-refractivity contribution in [2.45, 2.75) is 45.1 Å². The predicted molar refractivity (Wildman–Crippen MR) is 91.1 cm³/mol. The zero-order valence-corrected chi connectivity index (χ0v) is 14.5. The van der Waals surface area contributed by atoms with Gasteiger partial charge in [0.2, 0.25) is 17.6 Å². The third-order valence-electron chi connectivity index (χ3n) is 4.78. The van der Waals surface area contributed by atoms with E-state index in [-0.39, 0.29) is 23.7 Å². The Morgan fingerprint density at radius 3 is 2.88 bits per heavy atom. The van der Waals surface area contributed by atoms with E-state index in [1.54, 1.807) is 19.1 Å². The van der Waals surface area contributed by atoms with E-state index in [1.165, 1.54) is 6.07 Å². The molecule has 1 heterocycles. The topological polar surface area (TPSA) is 94.0 Å². The van der Waals surface area contributed by atoms with Gasteiger partial charge in [0.05, 0.1) is 5.54 Å². The molecule has 7 heteroatoms. The maximum absolute atomic E-state index is 13.3. The average Bonchev–Trinajstić information content (AvgIpc) is 3.35. The first kappa shape index (κ1) is 17.5. The first-order valence-corrected chi connectivity index (χ1v) is 8.51. The normalized spacial score (nSPS) is 16.5. The van der Waals surface area contributed by atoms with Crippen LogP contribution in [0.15, 0.2) is 22.7 Å². The van der Waals surface area contributed by atoms with Crippen molar-refractivity contribution in [3.05, 3.63) is 35.5 Å². The molecule has 0 saturated heterocycles. The molecule has 0 radical (unpaired) electrons. The molecule has 134 valence electrons. The van der Waals surface area contributed by atoms with E-state index in [0.29, 0.717) is 41.7 Å². The van der Waals surface area contributed by atoms with Crippen LogP contribution in [-0.2, 0) is 11.2 Å². The van der Waals surface area contributed by atoms with Gasteiger partial charge in [-0.15, -0.1) is 0 Å². The Labute approximate surface area is 146 Å². The number of hydrogen-bond acceptors (Lipinski definition) is 5. The van der Waals surface area contributed by atoms with Gasteiger partial charge in [0.15, 0.2) is 0 Å². The molecule has 0 spiro atoms. The van der Waals surface area contributed by atoms with Crippen LogP contribution in [0.25, 0.3) is 11.4 Å². The van der Waals surface area contributed by atoms with Crippen LogP contribution in [0.4, 0.5) is 4.39 Å². The van der Waals surface area contributed by atoms with Crippen LogP contribution >= 0.6 is 0 Å². The molecule has 1 aliphatic carbocycles. The zero-order valence-electron chi connectivity index (χ0n) is 14.5. The second-order valence-corrected chi connectivity index (χ2v) is 6.92. The van der Waals surface area contributed by atoms with Gasteiger partial charge in [-0.3, -0.25) is 4.79 Å². The lowest BCUT2D eigenvalue weighted by molar-refractivity contribution is -0.123. The molecule has 1 saturated carbocycles. The van der Waals surface area contributed by atoms with E-state index in [2.05, 4.69) is 15.5 Å². The van der Waals surface area contributed by atoms with Gasteiger partial charge in [-0.1, -0.05) is 5.16 Å². The molecule has 0 bridgehead atoms. The number of halogens is 1. The van der Waals surface area contributed by atoms with Crippen LogP contribution in [-0.4, -0.2) is 28.1 Å². The minimum Gasteiger partial charge on any atom is -0.349 e. The standard InChI is InChI=1S/C18H23FN4O2/c1-11-9-12(3-6-14(11)19)17-21-16(25-23-17)8-7-15(24)22-18(2,10-20)13-4-5-13/h3,6,9,13H,4-5,7-8,10,20H2,1-2H3,(H,22,24). The van der Waals surface area contributed by atoms with E-state index in [0.717, 1.165) is 12.8 Å². The summed E-state index contributed by atoms with van der Waals surface area (Å²) in [5, 5.41) is 6.94. The summed E-state index contributed by atoms with van der Waals surface area (Å²) in [5.74, 6) is 0.898. The molecule has 1 amide bonds. The second-order valence-electron chi connectivity index (χ2n) is 6.92. The van der Waals surface area contributed by atoms with Crippen molar-refractivity contribution in [3.63, 3.8) is 0 Å². The number of benzene rings is 1. The fourth-order valence-corrected chi connectivity index (χ4v) is 2.90. The molecule has 1 fully saturated rings. The number of nitrogens with zero attached hydrogens (tertiary/aromatic N) is 2. The quantitative estimate of drug-likeness (QED) is 0.803. The number of nitrogens with two attached hydrogens (primary N) is 1. The molecule has 25 heavy (non-hydrogen) atoms. The lowest BCUT2D eigenvalue weighted by Gasteiger charge is -2.29. The largest absolute Gasteiger partial charge is 0.349 e. The second kappa shape index (κ2) is 6.92. The Balaban J connectivity index is 1.58. The molecule has 1 aliphatic rings. The van der Waals surface area contributed by atoms with Crippen LogP contribution in [0, 0.1) is 18.7 Å². The summed E-state index contributed by atoms with van der Waals surface area (Å²) < 4.78 is 18.5. The van der Waals surface area contributed by atoms with Gasteiger partial charge in [-0.2, -0.15) is 4.98 Å². The highest BCUT2D eigenvalue weighted by molar-refractivity contribution is 5.77. The van der Waals surface area contributed by atoms with Crippen molar-refractivity contribution in [2.24, 2.45) is 11.7 Å². The first-order valence-electron chi connectivity index (χ1n) is 8.51. The molecule has 1 aromatic heterocycles. The van der Waals surface area contributed by atoms with Crippen molar-refractivity contribution in [3.8, 4) is 11.4 Å². The van der Waals surface area contributed by atoms with Gasteiger partial charge in [0, 0.05) is 24.9 Å². The Kier molecular flexibility index (Phi) is 4.85. The number of nitrogens with one attached hydrogen (secondary N) is 1. The molecule has 6 nitrogen and oxygen atoms in total. The maximum atomic E-state index is 13.3. The van der Waals surface area contributed by atoms with Crippen molar-refractivity contribution >= 4 is 5.91 Å². The Hall–Kier alpha value is -2.28. The fraction of sp³-hybridized carbons (Fsp3) is 0.500. The summed E-state index contributed by atoms with van der Waals surface area (Å²) in [4.78, 5) is 16.5. The van der Waals surface area contributed by atoms with Gasteiger partial charge in [-0.05, 0) is 56.4 Å². The maximum Gasteiger partial charge on any atom is 0.227 e. The van der Waals surface area contributed by atoms with Crippen molar-refractivity contribution < 1.29 is 13.7 Å². The number of carbonyl (C=O) groups is 1. The van der Waals surface area contributed by atoms with Crippen molar-refractivity contribution in [2.75, 3.05) is 6.54 Å². The molecule has 3 N–H and O–H groups in total. The summed E-state index contributed by atoms with van der Waals surface area (Å²) in [6.45, 7) is 4.10. The smallest absolute Gasteiger partial charge is 0.227 e. The lowest BCUT2D eigenvalue weighted by Crippen LogP contribution is -2.53. The van der Waals surface area contributed by atoms with E-state index >= 15 is 0 Å². The summed E-state index contributed by atoms with van der Waals surface area (Å²) >= 11 is 0. The van der Waals surface area contributed by atoms with E-state index in [4.69, 9.17) is 10.3 Å². The Morgan fingerprint density at radius 1 is 1.48 bits per heavy atom. The van der Waals surface area contributed by atoms with Crippen LogP contribution in [0.3, 0.4) is 0 Å². The molecule has 1 unspecified atom stereocenters. The molecular weight excluding hydrogens is 323 g/mol. The first-order chi connectivity index (χ1) is 11.9. The zero-order chi connectivity index (χ0) is 18.0. The van der Waals surface area contributed by atoms with Crippen LogP contribution in [0.2, 0.25) is 0 Å². The van der Waals surface area contributed by atoms with E-state index in [9.17, 15) is 9.18 Å². The molecule has 3 rings (SSSR count). The highest BCUT2D eigenvalue weighted by atomic mass is 19.1. The fourth-order valence-electron chi connectivity index (χ4n) is 2.90. The SMILES string of the molecule is Cc1cc(-c2noc(CCC(=O)NC(C)(CN)C3CC3)n2)ccc1F. The van der Waals surface area contributed by atoms with E-state index in [1.807, 2.05) is 6.92 Å². The highest BCUT2D eigenvalue weighted by Gasteiger charge is 2.41. The number of aromatic nitrogens is 2. The summed E-state index contributed by atoms with van der Waals surface area (Å²) in [7, 11) is 0. The molecule has 0 aliphatic heterocycles. The summed E-state index contributed by atoms with van der Waals surface area (Å²) in [5.41, 5.74) is 6.68. The van der Waals surface area contributed by atoms with Crippen LogP contribution in [0.5, 0.6) is 0 Å². The molecular formula is C18H23FN4O2. The molecule has 2 aromatic rings. The van der Waals surface area contributed by atoms with E-state index < -0.39 is 0 Å².